The van der Waals surface area contributed by atoms with Crippen molar-refractivity contribution in [2.24, 2.45) is 13.0 Å². The molecule has 0 aliphatic carbocycles. The third-order valence-electron chi connectivity index (χ3n) is 5.42. The number of furan rings is 1. The molecule has 0 bridgehead atoms. The van der Waals surface area contributed by atoms with Gasteiger partial charge in [0.05, 0.1) is 12.2 Å². The molecule has 0 spiro atoms. The molecular weight excluding hydrogens is 404 g/mol. The van der Waals surface area contributed by atoms with E-state index in [4.69, 9.17) is 16.0 Å². The third kappa shape index (κ3) is 4.26. The number of rotatable bonds is 5. The van der Waals surface area contributed by atoms with Crippen molar-refractivity contribution in [2.45, 2.75) is 18.9 Å². The first kappa shape index (κ1) is 20.2. The molecule has 1 aromatic carbocycles. The van der Waals surface area contributed by atoms with E-state index in [-0.39, 0.29) is 17.7 Å². The lowest BCUT2D eigenvalue weighted by Gasteiger charge is -2.32. The van der Waals surface area contributed by atoms with Crippen LogP contribution in [0.1, 0.15) is 40.8 Å². The Morgan fingerprint density at radius 1 is 1.27 bits per heavy atom. The minimum absolute atomic E-state index is 0.102. The van der Waals surface area contributed by atoms with Crippen LogP contribution in [0.2, 0.25) is 5.02 Å². The van der Waals surface area contributed by atoms with Crippen LogP contribution in [0.3, 0.4) is 0 Å². The molecule has 30 heavy (non-hydrogen) atoms. The van der Waals surface area contributed by atoms with Crippen molar-refractivity contribution in [1.82, 2.24) is 19.8 Å². The SMILES string of the molecule is Cn1ccnc1[C@@H](NC(=O)[C@H]1CCCN(C(=O)c2ccco2)C1)c1ccc(Cl)cc1. The van der Waals surface area contributed by atoms with E-state index in [1.54, 1.807) is 35.4 Å². The monoisotopic (exact) mass is 426 g/mol. The summed E-state index contributed by atoms with van der Waals surface area (Å²) >= 11 is 6.03. The molecule has 2 atom stereocenters. The number of carbonyl (C=O) groups excluding carboxylic acids is 2. The van der Waals surface area contributed by atoms with Crippen LogP contribution in [0.5, 0.6) is 0 Å². The fourth-order valence-electron chi connectivity index (χ4n) is 3.80. The van der Waals surface area contributed by atoms with Crippen molar-refractivity contribution in [3.8, 4) is 0 Å². The Kier molecular flexibility index (Phi) is 5.90. The molecule has 0 unspecified atom stereocenters. The van der Waals surface area contributed by atoms with Crippen molar-refractivity contribution in [1.29, 1.82) is 0 Å². The van der Waals surface area contributed by atoms with Gasteiger partial charge in [0.15, 0.2) is 5.76 Å². The van der Waals surface area contributed by atoms with E-state index in [0.717, 1.165) is 24.2 Å². The first-order chi connectivity index (χ1) is 14.5. The van der Waals surface area contributed by atoms with Gasteiger partial charge in [0.2, 0.25) is 5.91 Å². The molecule has 2 aromatic heterocycles. The highest BCUT2D eigenvalue weighted by molar-refractivity contribution is 6.30. The van der Waals surface area contributed by atoms with Crippen LogP contribution >= 0.6 is 11.6 Å². The Hall–Kier alpha value is -3.06. The second-order valence-electron chi connectivity index (χ2n) is 7.46. The number of aromatic nitrogens is 2. The number of benzene rings is 1. The van der Waals surface area contributed by atoms with Crippen molar-refractivity contribution in [3.05, 3.63) is 77.2 Å². The maximum Gasteiger partial charge on any atom is 0.289 e. The van der Waals surface area contributed by atoms with Crippen LogP contribution < -0.4 is 5.32 Å². The number of likely N-dealkylation sites (tertiary alicyclic amines) is 1. The molecule has 4 rings (SSSR count). The molecule has 1 saturated heterocycles. The number of hydrogen-bond donors (Lipinski definition) is 1. The van der Waals surface area contributed by atoms with Gasteiger partial charge in [-0.2, -0.15) is 0 Å². The maximum absolute atomic E-state index is 13.2. The van der Waals surface area contributed by atoms with Gasteiger partial charge in [-0.1, -0.05) is 23.7 Å². The Bertz CT molecular complexity index is 1010. The zero-order chi connectivity index (χ0) is 21.1. The van der Waals surface area contributed by atoms with E-state index in [2.05, 4.69) is 10.3 Å². The zero-order valence-electron chi connectivity index (χ0n) is 16.6. The quantitative estimate of drug-likeness (QED) is 0.677. The topological polar surface area (TPSA) is 80.4 Å². The average Bonchev–Trinajstić information content (AvgIpc) is 3.44. The molecule has 2 amide bonds. The predicted molar refractivity (Wildman–Crippen MR) is 112 cm³/mol. The minimum Gasteiger partial charge on any atom is -0.459 e. The smallest absolute Gasteiger partial charge is 0.289 e. The Morgan fingerprint density at radius 2 is 2.07 bits per heavy atom. The van der Waals surface area contributed by atoms with Crippen molar-refractivity contribution in [3.63, 3.8) is 0 Å². The molecule has 8 heteroatoms. The number of nitrogens with one attached hydrogen (secondary N) is 1. The average molecular weight is 427 g/mol. The van der Waals surface area contributed by atoms with E-state index < -0.39 is 6.04 Å². The van der Waals surface area contributed by atoms with Gasteiger partial charge >= 0.3 is 0 Å². The van der Waals surface area contributed by atoms with Gasteiger partial charge in [-0.15, -0.1) is 0 Å². The number of nitrogens with zero attached hydrogens (tertiary/aromatic N) is 3. The van der Waals surface area contributed by atoms with Crippen molar-refractivity contribution in [2.75, 3.05) is 13.1 Å². The summed E-state index contributed by atoms with van der Waals surface area (Å²) in [5.41, 5.74) is 0.890. The lowest BCUT2D eigenvalue weighted by molar-refractivity contribution is -0.126. The number of carbonyl (C=O) groups is 2. The summed E-state index contributed by atoms with van der Waals surface area (Å²) in [5.74, 6) is 0.437. The van der Waals surface area contributed by atoms with Crippen LogP contribution in [0.25, 0.3) is 0 Å². The summed E-state index contributed by atoms with van der Waals surface area (Å²) in [6.07, 6.45) is 6.51. The molecule has 156 valence electrons. The van der Waals surface area contributed by atoms with Gasteiger partial charge in [0, 0.05) is 37.6 Å². The third-order valence-corrected chi connectivity index (χ3v) is 5.67. The summed E-state index contributed by atoms with van der Waals surface area (Å²) in [6, 6.07) is 10.3. The minimum atomic E-state index is -0.411. The molecule has 1 fully saturated rings. The van der Waals surface area contributed by atoms with Crippen LogP contribution in [-0.2, 0) is 11.8 Å². The number of piperidine rings is 1. The van der Waals surface area contributed by atoms with Crippen LogP contribution in [0, 0.1) is 5.92 Å². The summed E-state index contributed by atoms with van der Waals surface area (Å²) in [5, 5.41) is 3.76. The number of amides is 2. The van der Waals surface area contributed by atoms with Gasteiger partial charge in [-0.25, -0.2) is 4.98 Å². The van der Waals surface area contributed by atoms with Crippen LogP contribution in [0.4, 0.5) is 0 Å². The first-order valence-electron chi connectivity index (χ1n) is 9.89. The molecule has 7 nitrogen and oxygen atoms in total. The van der Waals surface area contributed by atoms with Gasteiger partial charge in [-0.05, 0) is 42.7 Å². The fourth-order valence-corrected chi connectivity index (χ4v) is 3.93. The Labute approximate surface area is 179 Å². The molecule has 3 aromatic rings. The first-order valence-corrected chi connectivity index (χ1v) is 10.3. The normalized spacial score (nSPS) is 17.5. The summed E-state index contributed by atoms with van der Waals surface area (Å²) in [4.78, 5) is 31.9. The van der Waals surface area contributed by atoms with E-state index in [0.29, 0.717) is 23.9 Å². The second kappa shape index (κ2) is 8.75. The van der Waals surface area contributed by atoms with Crippen molar-refractivity contribution < 1.29 is 14.0 Å². The van der Waals surface area contributed by atoms with Crippen LogP contribution in [0.15, 0.2) is 59.5 Å². The van der Waals surface area contributed by atoms with E-state index in [9.17, 15) is 9.59 Å². The highest BCUT2D eigenvalue weighted by Gasteiger charge is 2.32. The highest BCUT2D eigenvalue weighted by atomic mass is 35.5. The lowest BCUT2D eigenvalue weighted by atomic mass is 9.95. The number of halogens is 1. The maximum atomic E-state index is 13.2. The molecular formula is C22H23ClN4O3. The summed E-state index contributed by atoms with van der Waals surface area (Å²) in [7, 11) is 1.89. The summed E-state index contributed by atoms with van der Waals surface area (Å²) in [6.45, 7) is 0.975. The zero-order valence-corrected chi connectivity index (χ0v) is 17.4. The van der Waals surface area contributed by atoms with Gasteiger partial charge in [-0.3, -0.25) is 9.59 Å². The molecule has 0 saturated carbocycles. The van der Waals surface area contributed by atoms with E-state index in [1.165, 1.54) is 6.26 Å². The molecule has 0 radical (unpaired) electrons. The molecule has 1 aliphatic rings. The standard InChI is InChI=1S/C22H23ClN4O3/c1-26-12-10-24-20(26)19(15-6-8-17(23)9-7-15)25-21(28)16-4-2-11-27(14-16)22(29)18-5-3-13-30-18/h3,5-10,12-13,16,19H,2,4,11,14H2,1H3,(H,25,28)/t16-,19-/m0/s1. The van der Waals surface area contributed by atoms with Gasteiger partial charge in [0.1, 0.15) is 11.9 Å². The lowest BCUT2D eigenvalue weighted by Crippen LogP contribution is -2.46. The fraction of sp³-hybridized carbons (Fsp3) is 0.318. The largest absolute Gasteiger partial charge is 0.459 e. The number of hydrogen-bond acceptors (Lipinski definition) is 4. The highest BCUT2D eigenvalue weighted by Crippen LogP contribution is 2.25. The summed E-state index contributed by atoms with van der Waals surface area (Å²) < 4.78 is 7.11. The molecule has 3 heterocycles. The predicted octanol–water partition coefficient (Wildman–Crippen LogP) is 3.42. The molecule has 1 N–H and O–H groups in total. The number of imidazole rings is 1. The molecule has 1 aliphatic heterocycles. The van der Waals surface area contributed by atoms with E-state index in [1.807, 2.05) is 29.9 Å². The van der Waals surface area contributed by atoms with E-state index >= 15 is 0 Å². The Morgan fingerprint density at radius 3 is 2.73 bits per heavy atom. The van der Waals surface area contributed by atoms with Crippen LogP contribution in [-0.4, -0.2) is 39.4 Å². The number of aryl methyl sites for hydroxylation is 1. The second-order valence-corrected chi connectivity index (χ2v) is 7.89. The van der Waals surface area contributed by atoms with Gasteiger partial charge < -0.3 is 19.2 Å². The van der Waals surface area contributed by atoms with Crippen molar-refractivity contribution >= 4 is 23.4 Å². The Balaban J connectivity index is 1.51. The van der Waals surface area contributed by atoms with Gasteiger partial charge in [0.25, 0.3) is 5.91 Å².